The van der Waals surface area contributed by atoms with Crippen molar-refractivity contribution in [1.82, 2.24) is 4.98 Å². The highest BCUT2D eigenvalue weighted by Gasteiger charge is 2.02. The number of pyridine rings is 1. The molecule has 0 aliphatic rings. The van der Waals surface area contributed by atoms with Crippen LogP contribution in [0.1, 0.15) is 4.88 Å². The van der Waals surface area contributed by atoms with Gasteiger partial charge in [-0.15, -0.1) is 11.3 Å². The maximum absolute atomic E-state index is 5.81. The minimum absolute atomic E-state index is 0.445. The molecule has 2 rings (SSSR count). The van der Waals surface area contributed by atoms with Gasteiger partial charge in [0, 0.05) is 11.4 Å². The van der Waals surface area contributed by atoms with E-state index in [0.29, 0.717) is 16.7 Å². The zero-order valence-electron chi connectivity index (χ0n) is 8.91. The van der Waals surface area contributed by atoms with E-state index >= 15 is 0 Å². The van der Waals surface area contributed by atoms with Gasteiger partial charge in [0.1, 0.15) is 5.15 Å². The number of anilines is 2. The van der Waals surface area contributed by atoms with E-state index in [-0.39, 0.29) is 0 Å². The Balaban J connectivity index is 1.91. The summed E-state index contributed by atoms with van der Waals surface area (Å²) in [6.07, 6.45) is 0.934. The molecule has 3 nitrogen and oxygen atoms in total. The summed E-state index contributed by atoms with van der Waals surface area (Å²) >= 11 is 11.0. The molecule has 2 aromatic heterocycles. The zero-order valence-corrected chi connectivity index (χ0v) is 12.1. The van der Waals surface area contributed by atoms with Gasteiger partial charge in [0.05, 0.1) is 9.47 Å². The molecule has 0 unspecified atom stereocenters. The van der Waals surface area contributed by atoms with E-state index in [1.165, 1.54) is 4.88 Å². The number of nitrogens with two attached hydrogens (primary N) is 1. The summed E-state index contributed by atoms with van der Waals surface area (Å²) in [5, 5.41) is 3.63. The predicted octanol–water partition coefficient (Wildman–Crippen LogP) is 3.80. The number of thiophene rings is 1. The number of nitrogens with zero attached hydrogens (tertiary/aromatic N) is 1. The standard InChI is InChI=1S/C11H11BrClN3S/c12-9-3-1-7(17-9)5-6-15-11-8(14)2-4-10(13)16-11/h1-4H,5-6,14H2,(H,15,16). The van der Waals surface area contributed by atoms with Gasteiger partial charge in [-0.05, 0) is 46.6 Å². The van der Waals surface area contributed by atoms with E-state index in [4.69, 9.17) is 17.3 Å². The van der Waals surface area contributed by atoms with Crippen molar-refractivity contribution < 1.29 is 0 Å². The van der Waals surface area contributed by atoms with Crippen molar-refractivity contribution in [2.24, 2.45) is 0 Å². The fourth-order valence-electron chi connectivity index (χ4n) is 1.38. The van der Waals surface area contributed by atoms with Gasteiger partial charge in [-0.2, -0.15) is 0 Å². The predicted molar refractivity (Wildman–Crippen MR) is 77.9 cm³/mol. The molecule has 2 aromatic rings. The molecular weight excluding hydrogens is 322 g/mol. The molecule has 0 aliphatic heterocycles. The van der Waals surface area contributed by atoms with Gasteiger partial charge in [0.15, 0.2) is 5.82 Å². The molecule has 2 heterocycles. The molecule has 0 amide bonds. The lowest BCUT2D eigenvalue weighted by Gasteiger charge is -2.07. The van der Waals surface area contributed by atoms with Gasteiger partial charge in [-0.1, -0.05) is 11.6 Å². The second-order valence-electron chi connectivity index (χ2n) is 3.45. The molecule has 0 atom stereocenters. The number of nitrogen functional groups attached to an aromatic ring is 1. The van der Waals surface area contributed by atoms with Gasteiger partial charge in [-0.25, -0.2) is 4.98 Å². The van der Waals surface area contributed by atoms with Crippen LogP contribution in [0.5, 0.6) is 0 Å². The van der Waals surface area contributed by atoms with Gasteiger partial charge < -0.3 is 11.1 Å². The summed E-state index contributed by atoms with van der Waals surface area (Å²) in [5.41, 5.74) is 6.40. The minimum atomic E-state index is 0.445. The first-order valence-electron chi connectivity index (χ1n) is 5.05. The number of hydrogen-bond donors (Lipinski definition) is 2. The third-order valence-electron chi connectivity index (χ3n) is 2.19. The summed E-state index contributed by atoms with van der Waals surface area (Å²) in [4.78, 5) is 5.44. The van der Waals surface area contributed by atoms with Crippen LogP contribution in [-0.2, 0) is 6.42 Å². The van der Waals surface area contributed by atoms with Gasteiger partial charge in [0.25, 0.3) is 0 Å². The van der Waals surface area contributed by atoms with Crippen molar-refractivity contribution in [2.75, 3.05) is 17.6 Å². The second-order valence-corrected chi connectivity index (χ2v) is 6.39. The maximum atomic E-state index is 5.81. The topological polar surface area (TPSA) is 50.9 Å². The SMILES string of the molecule is Nc1ccc(Cl)nc1NCCc1ccc(Br)s1. The van der Waals surface area contributed by atoms with Crippen LogP contribution in [0.2, 0.25) is 5.15 Å². The molecular formula is C11H11BrClN3S. The van der Waals surface area contributed by atoms with Crippen LogP contribution in [0.4, 0.5) is 11.5 Å². The molecule has 0 aliphatic carbocycles. The second kappa shape index (κ2) is 5.71. The fraction of sp³-hybridized carbons (Fsp3) is 0.182. The summed E-state index contributed by atoms with van der Waals surface area (Å²) < 4.78 is 1.15. The molecule has 0 saturated heterocycles. The van der Waals surface area contributed by atoms with E-state index in [9.17, 15) is 0 Å². The Hall–Kier alpha value is -0.780. The highest BCUT2D eigenvalue weighted by atomic mass is 79.9. The largest absolute Gasteiger partial charge is 0.396 e. The maximum Gasteiger partial charge on any atom is 0.150 e. The number of rotatable bonds is 4. The third-order valence-corrected chi connectivity index (χ3v) is 4.08. The highest BCUT2D eigenvalue weighted by molar-refractivity contribution is 9.11. The van der Waals surface area contributed by atoms with Crippen LogP contribution < -0.4 is 11.1 Å². The van der Waals surface area contributed by atoms with E-state index < -0.39 is 0 Å². The van der Waals surface area contributed by atoms with Gasteiger partial charge in [0.2, 0.25) is 0 Å². The molecule has 90 valence electrons. The smallest absolute Gasteiger partial charge is 0.150 e. The molecule has 17 heavy (non-hydrogen) atoms. The Kier molecular flexibility index (Phi) is 4.25. The number of hydrogen-bond acceptors (Lipinski definition) is 4. The van der Waals surface area contributed by atoms with Gasteiger partial charge in [-0.3, -0.25) is 0 Å². The van der Waals surface area contributed by atoms with E-state index in [0.717, 1.165) is 16.8 Å². The molecule has 0 bridgehead atoms. The Bertz CT molecular complexity index is 515. The molecule has 3 N–H and O–H groups in total. The number of aromatic nitrogens is 1. The lowest BCUT2D eigenvalue weighted by Crippen LogP contribution is -2.07. The van der Waals surface area contributed by atoms with Crippen LogP contribution in [0, 0.1) is 0 Å². The number of halogens is 2. The first-order valence-corrected chi connectivity index (χ1v) is 7.04. The van der Waals surface area contributed by atoms with Crippen LogP contribution in [0.25, 0.3) is 0 Å². The van der Waals surface area contributed by atoms with Crippen molar-refractivity contribution in [2.45, 2.75) is 6.42 Å². The minimum Gasteiger partial charge on any atom is -0.396 e. The van der Waals surface area contributed by atoms with Crippen molar-refractivity contribution in [1.29, 1.82) is 0 Å². The zero-order chi connectivity index (χ0) is 12.3. The molecule has 0 radical (unpaired) electrons. The van der Waals surface area contributed by atoms with Crippen molar-refractivity contribution in [3.8, 4) is 0 Å². The summed E-state index contributed by atoms with van der Waals surface area (Å²) in [7, 11) is 0. The quantitative estimate of drug-likeness (QED) is 0.837. The highest BCUT2D eigenvalue weighted by Crippen LogP contribution is 2.23. The lowest BCUT2D eigenvalue weighted by molar-refractivity contribution is 1.03. The first kappa shape index (κ1) is 12.7. The monoisotopic (exact) mass is 331 g/mol. The average Bonchev–Trinajstić information content (AvgIpc) is 2.69. The van der Waals surface area contributed by atoms with Crippen LogP contribution in [0.15, 0.2) is 28.1 Å². The molecule has 0 fully saturated rings. The Morgan fingerprint density at radius 1 is 1.35 bits per heavy atom. The third kappa shape index (κ3) is 3.59. The molecule has 0 saturated carbocycles. The Morgan fingerprint density at radius 3 is 2.88 bits per heavy atom. The normalized spacial score (nSPS) is 10.5. The Morgan fingerprint density at radius 2 is 2.18 bits per heavy atom. The molecule has 0 aromatic carbocycles. The lowest BCUT2D eigenvalue weighted by atomic mass is 10.3. The Labute approximate surface area is 117 Å². The molecule has 0 spiro atoms. The van der Waals surface area contributed by atoms with E-state index in [1.807, 2.05) is 6.07 Å². The van der Waals surface area contributed by atoms with Gasteiger partial charge >= 0.3 is 0 Å². The molecule has 6 heteroatoms. The fourth-order valence-corrected chi connectivity index (χ4v) is 3.01. The van der Waals surface area contributed by atoms with Crippen molar-refractivity contribution in [3.63, 3.8) is 0 Å². The van der Waals surface area contributed by atoms with Crippen LogP contribution >= 0.6 is 38.9 Å². The summed E-state index contributed by atoms with van der Waals surface area (Å²) in [6.45, 7) is 0.782. The average molecular weight is 333 g/mol. The van der Waals surface area contributed by atoms with Crippen molar-refractivity contribution >= 4 is 50.4 Å². The summed E-state index contributed by atoms with van der Waals surface area (Å²) in [6, 6.07) is 7.58. The first-order chi connectivity index (χ1) is 8.15. The van der Waals surface area contributed by atoms with E-state index in [1.54, 1.807) is 23.5 Å². The van der Waals surface area contributed by atoms with Crippen LogP contribution in [-0.4, -0.2) is 11.5 Å². The van der Waals surface area contributed by atoms with Crippen molar-refractivity contribution in [3.05, 3.63) is 38.1 Å². The summed E-state index contributed by atoms with van der Waals surface area (Å²) in [5.74, 6) is 0.646. The van der Waals surface area contributed by atoms with Crippen LogP contribution in [0.3, 0.4) is 0 Å². The number of nitrogens with one attached hydrogen (secondary N) is 1. The van der Waals surface area contributed by atoms with E-state index in [2.05, 4.69) is 32.3 Å².